The number of nitrogens with zero attached hydrogens (tertiary/aromatic N) is 4. The Balaban J connectivity index is 1.34. The van der Waals surface area contributed by atoms with Gasteiger partial charge in [-0.2, -0.15) is 18.2 Å². The summed E-state index contributed by atoms with van der Waals surface area (Å²) >= 11 is 0. The van der Waals surface area contributed by atoms with Gasteiger partial charge in [-0.15, -0.1) is 0 Å². The summed E-state index contributed by atoms with van der Waals surface area (Å²) in [5.41, 5.74) is -0.492. The molecule has 0 aliphatic carbocycles. The molecule has 3 N–H and O–H groups in total. The number of anilines is 5. The van der Waals surface area contributed by atoms with Crippen LogP contribution in [0.4, 0.5) is 51.2 Å². The lowest BCUT2D eigenvalue weighted by Gasteiger charge is -2.20. The minimum atomic E-state index is -4.66. The van der Waals surface area contributed by atoms with Crippen molar-refractivity contribution in [1.29, 1.82) is 0 Å². The molecule has 1 aromatic heterocycles. The molecule has 0 radical (unpaired) electrons. The Morgan fingerprint density at radius 3 is 2.49 bits per heavy atom. The minimum Gasteiger partial charge on any atom is -0.353 e. The van der Waals surface area contributed by atoms with Crippen LogP contribution >= 0.6 is 0 Å². The van der Waals surface area contributed by atoms with Gasteiger partial charge in [0.05, 0.1) is 11.3 Å². The van der Waals surface area contributed by atoms with Gasteiger partial charge < -0.3 is 25.8 Å². The molecule has 2 heterocycles. The number of alkyl halides is 3. The quantitative estimate of drug-likeness (QED) is 0.340. The highest BCUT2D eigenvalue weighted by molar-refractivity contribution is 6.00. The first-order valence-corrected chi connectivity index (χ1v) is 11.8. The van der Waals surface area contributed by atoms with E-state index in [0.29, 0.717) is 35.7 Å². The summed E-state index contributed by atoms with van der Waals surface area (Å²) in [7, 11) is 1.84. The first-order chi connectivity index (χ1) is 17.7. The Labute approximate surface area is 211 Å². The van der Waals surface area contributed by atoms with Crippen molar-refractivity contribution in [3.63, 3.8) is 0 Å². The van der Waals surface area contributed by atoms with Gasteiger partial charge in [0.15, 0.2) is 0 Å². The van der Waals surface area contributed by atoms with Gasteiger partial charge in [-0.05, 0) is 74.5 Å². The summed E-state index contributed by atoms with van der Waals surface area (Å²) in [6.07, 6.45) is -0.505. The highest BCUT2D eigenvalue weighted by Crippen LogP contribution is 2.32. The predicted molar refractivity (Wildman–Crippen MR) is 135 cm³/mol. The van der Waals surface area contributed by atoms with Crippen LogP contribution in [0.1, 0.15) is 18.4 Å². The van der Waals surface area contributed by atoms with Crippen molar-refractivity contribution in [2.75, 3.05) is 54.1 Å². The number of aromatic nitrogens is 2. The fourth-order valence-electron chi connectivity index (χ4n) is 3.94. The molecular formula is C25H27F4N7O. The van der Waals surface area contributed by atoms with E-state index in [1.54, 1.807) is 36.5 Å². The average Bonchev–Trinajstić information content (AvgIpc) is 3.38. The zero-order chi connectivity index (χ0) is 26.4. The van der Waals surface area contributed by atoms with E-state index >= 15 is 0 Å². The summed E-state index contributed by atoms with van der Waals surface area (Å²) in [4.78, 5) is 25.3. The van der Waals surface area contributed by atoms with Crippen LogP contribution in [-0.2, 0) is 6.18 Å². The molecule has 12 heteroatoms. The maximum absolute atomic E-state index is 13.9. The standard InChI is InChI=1S/C25H27F4N7O/c1-35(22-10-11-30-23(34-22)31-12-15-36-13-2-3-14-36)19-7-5-18(6-8-19)32-24(37)33-21-16-17(25(27,28)29)4-9-20(21)26/h4-11,16H,2-3,12-15H2,1H3,(H,30,31,34)(H2,32,33,37). The van der Waals surface area contributed by atoms with Gasteiger partial charge in [-0.3, -0.25) is 0 Å². The van der Waals surface area contributed by atoms with Gasteiger partial charge >= 0.3 is 12.2 Å². The fraction of sp³-hybridized carbons (Fsp3) is 0.320. The van der Waals surface area contributed by atoms with Gasteiger partial charge in [0.2, 0.25) is 5.95 Å². The number of halogens is 4. The zero-order valence-electron chi connectivity index (χ0n) is 20.1. The molecule has 2 aromatic carbocycles. The van der Waals surface area contributed by atoms with Crippen LogP contribution in [0.5, 0.6) is 0 Å². The first kappa shape index (κ1) is 26.1. The molecule has 8 nitrogen and oxygen atoms in total. The van der Waals surface area contributed by atoms with Gasteiger partial charge in [0, 0.05) is 37.7 Å². The first-order valence-electron chi connectivity index (χ1n) is 11.8. The van der Waals surface area contributed by atoms with Crippen molar-refractivity contribution in [3.05, 3.63) is 66.1 Å². The van der Waals surface area contributed by atoms with Gasteiger partial charge in [0.25, 0.3) is 0 Å². The molecular weight excluding hydrogens is 490 g/mol. The Morgan fingerprint density at radius 2 is 1.78 bits per heavy atom. The second-order valence-electron chi connectivity index (χ2n) is 8.59. The number of nitrogens with one attached hydrogen (secondary N) is 3. The largest absolute Gasteiger partial charge is 0.416 e. The Bertz CT molecular complexity index is 1210. The van der Waals surface area contributed by atoms with E-state index in [1.165, 1.54) is 12.8 Å². The van der Waals surface area contributed by atoms with E-state index in [1.807, 2.05) is 11.9 Å². The topological polar surface area (TPSA) is 85.4 Å². The summed E-state index contributed by atoms with van der Waals surface area (Å²) < 4.78 is 52.5. The monoisotopic (exact) mass is 517 g/mol. The van der Waals surface area contributed by atoms with Gasteiger partial charge in [-0.25, -0.2) is 14.2 Å². The molecule has 0 spiro atoms. The maximum atomic E-state index is 13.9. The van der Waals surface area contributed by atoms with Crippen LogP contribution < -0.4 is 20.9 Å². The van der Waals surface area contributed by atoms with E-state index in [2.05, 4.69) is 30.8 Å². The molecule has 0 unspecified atom stereocenters. The molecule has 0 atom stereocenters. The lowest BCUT2D eigenvalue weighted by molar-refractivity contribution is -0.137. The van der Waals surface area contributed by atoms with E-state index in [-0.39, 0.29) is 0 Å². The Kier molecular flexibility index (Phi) is 8.07. The second kappa shape index (κ2) is 11.4. The summed E-state index contributed by atoms with van der Waals surface area (Å²) in [5, 5.41) is 7.84. The average molecular weight is 518 g/mol. The number of rotatable bonds is 8. The second-order valence-corrected chi connectivity index (χ2v) is 8.59. The molecule has 3 aromatic rings. The Hall–Kier alpha value is -3.93. The van der Waals surface area contributed by atoms with Crippen molar-refractivity contribution in [2.24, 2.45) is 0 Å². The number of hydrogen-bond acceptors (Lipinski definition) is 6. The molecule has 4 rings (SSSR count). The SMILES string of the molecule is CN(c1ccc(NC(=O)Nc2cc(C(F)(F)F)ccc2F)cc1)c1ccnc(NCCN2CCCC2)n1. The number of carbonyl (C=O) groups excluding carboxylic acids is 1. The molecule has 2 amide bonds. The third kappa shape index (κ3) is 7.06. The maximum Gasteiger partial charge on any atom is 0.416 e. The molecule has 1 saturated heterocycles. The number of urea groups is 1. The van der Waals surface area contributed by atoms with Crippen LogP contribution in [0, 0.1) is 5.82 Å². The van der Waals surface area contributed by atoms with Crippen LogP contribution in [0.3, 0.4) is 0 Å². The summed E-state index contributed by atoms with van der Waals surface area (Å²) in [5.74, 6) is 0.215. The zero-order valence-corrected chi connectivity index (χ0v) is 20.1. The van der Waals surface area contributed by atoms with Crippen LogP contribution in [0.25, 0.3) is 0 Å². The number of carbonyl (C=O) groups is 1. The highest BCUT2D eigenvalue weighted by Gasteiger charge is 2.31. The normalized spacial score (nSPS) is 13.9. The van der Waals surface area contributed by atoms with E-state index in [0.717, 1.165) is 31.9 Å². The van der Waals surface area contributed by atoms with Crippen molar-refractivity contribution >= 4 is 34.9 Å². The van der Waals surface area contributed by atoms with Crippen LogP contribution in [0.2, 0.25) is 0 Å². The van der Waals surface area contributed by atoms with Crippen molar-refractivity contribution in [2.45, 2.75) is 19.0 Å². The van der Waals surface area contributed by atoms with Crippen LogP contribution in [-0.4, -0.2) is 54.1 Å². The fourth-order valence-corrected chi connectivity index (χ4v) is 3.94. The molecule has 1 fully saturated rings. The number of benzene rings is 2. The third-order valence-electron chi connectivity index (χ3n) is 5.95. The minimum absolute atomic E-state index is 0.369. The summed E-state index contributed by atoms with van der Waals surface area (Å²) in [6, 6.07) is 9.42. The van der Waals surface area contributed by atoms with E-state index in [9.17, 15) is 22.4 Å². The molecule has 37 heavy (non-hydrogen) atoms. The van der Waals surface area contributed by atoms with Gasteiger partial charge in [-0.1, -0.05) is 0 Å². The van der Waals surface area contributed by atoms with E-state index in [4.69, 9.17) is 0 Å². The van der Waals surface area contributed by atoms with Crippen molar-refractivity contribution < 1.29 is 22.4 Å². The molecule has 0 saturated carbocycles. The molecule has 1 aliphatic rings. The predicted octanol–water partition coefficient (Wildman–Crippen LogP) is 5.55. The lowest BCUT2D eigenvalue weighted by atomic mass is 10.2. The van der Waals surface area contributed by atoms with Crippen molar-refractivity contribution in [1.82, 2.24) is 14.9 Å². The van der Waals surface area contributed by atoms with Crippen LogP contribution in [0.15, 0.2) is 54.7 Å². The molecule has 196 valence electrons. The number of amides is 2. The lowest BCUT2D eigenvalue weighted by Crippen LogP contribution is -2.26. The van der Waals surface area contributed by atoms with Crippen molar-refractivity contribution in [3.8, 4) is 0 Å². The number of likely N-dealkylation sites (tertiary alicyclic amines) is 1. The highest BCUT2D eigenvalue weighted by atomic mass is 19.4. The third-order valence-corrected chi connectivity index (χ3v) is 5.95. The van der Waals surface area contributed by atoms with Gasteiger partial charge in [0.1, 0.15) is 11.6 Å². The Morgan fingerprint density at radius 1 is 1.05 bits per heavy atom. The molecule has 1 aliphatic heterocycles. The van der Waals surface area contributed by atoms with E-state index < -0.39 is 29.3 Å². The number of hydrogen-bond donors (Lipinski definition) is 3. The smallest absolute Gasteiger partial charge is 0.353 e. The summed E-state index contributed by atoms with van der Waals surface area (Å²) in [6.45, 7) is 3.94. The molecule has 0 bridgehead atoms.